The van der Waals surface area contributed by atoms with Crippen LogP contribution >= 0.6 is 11.6 Å². The monoisotopic (exact) mass is 301 g/mol. The smallest absolute Gasteiger partial charge is 0.187 e. The van der Waals surface area contributed by atoms with Gasteiger partial charge in [-0.2, -0.15) is 5.26 Å². The minimum Gasteiger partial charge on any atom is -0.486 e. The molecule has 0 saturated carbocycles. The molecular formula is C15H12ClN3O2. The van der Waals surface area contributed by atoms with Crippen LogP contribution in [-0.2, 0) is 11.4 Å². The SMILES string of the molecule is CO/N=C(/C#N)c1ccccc1COc1cccnc1Cl. The molecule has 0 amide bonds. The first-order chi connectivity index (χ1) is 10.3. The molecule has 21 heavy (non-hydrogen) atoms. The Hall–Kier alpha value is -2.58. The number of benzene rings is 1. The van der Waals surface area contributed by atoms with Gasteiger partial charge < -0.3 is 9.57 Å². The number of hydrogen-bond acceptors (Lipinski definition) is 5. The molecule has 0 spiro atoms. The van der Waals surface area contributed by atoms with Crippen molar-refractivity contribution in [2.24, 2.45) is 5.16 Å². The highest BCUT2D eigenvalue weighted by atomic mass is 35.5. The lowest BCUT2D eigenvalue weighted by molar-refractivity contribution is 0.214. The summed E-state index contributed by atoms with van der Waals surface area (Å²) in [6.45, 7) is 0.242. The van der Waals surface area contributed by atoms with E-state index in [-0.39, 0.29) is 12.3 Å². The van der Waals surface area contributed by atoms with Crippen molar-refractivity contribution in [1.82, 2.24) is 4.98 Å². The van der Waals surface area contributed by atoms with E-state index in [0.29, 0.717) is 16.5 Å². The molecule has 1 aromatic carbocycles. The molecule has 1 heterocycles. The Bertz CT molecular complexity index is 695. The van der Waals surface area contributed by atoms with Gasteiger partial charge in [-0.1, -0.05) is 41.0 Å². The Morgan fingerprint density at radius 2 is 2.14 bits per heavy atom. The summed E-state index contributed by atoms with van der Waals surface area (Å²) < 4.78 is 5.64. The molecule has 0 aliphatic rings. The zero-order chi connectivity index (χ0) is 15.1. The number of halogens is 1. The largest absolute Gasteiger partial charge is 0.486 e. The van der Waals surface area contributed by atoms with Crippen LogP contribution < -0.4 is 4.74 Å². The second kappa shape index (κ2) is 7.27. The molecule has 5 nitrogen and oxygen atoms in total. The Morgan fingerprint density at radius 1 is 1.33 bits per heavy atom. The maximum absolute atomic E-state index is 9.13. The van der Waals surface area contributed by atoms with E-state index in [1.165, 1.54) is 7.11 Å². The molecule has 0 radical (unpaired) electrons. The van der Waals surface area contributed by atoms with Gasteiger partial charge >= 0.3 is 0 Å². The van der Waals surface area contributed by atoms with Crippen LogP contribution in [0.25, 0.3) is 0 Å². The lowest BCUT2D eigenvalue weighted by Gasteiger charge is -2.10. The Morgan fingerprint density at radius 3 is 2.86 bits per heavy atom. The number of nitrogens with zero attached hydrogens (tertiary/aromatic N) is 3. The number of rotatable bonds is 5. The summed E-state index contributed by atoms with van der Waals surface area (Å²) in [7, 11) is 1.39. The standard InChI is InChI=1S/C15H12ClN3O2/c1-20-19-13(9-17)12-6-3-2-5-11(12)10-21-14-7-4-8-18-15(14)16/h2-8H,10H2,1H3/b19-13-. The van der Waals surface area contributed by atoms with Crippen LogP contribution in [0.4, 0.5) is 0 Å². The number of pyridine rings is 1. The summed E-state index contributed by atoms with van der Waals surface area (Å²) in [4.78, 5) is 8.62. The molecule has 0 N–H and O–H groups in total. The second-order valence-corrected chi connectivity index (χ2v) is 4.33. The van der Waals surface area contributed by atoms with Crippen LogP contribution in [0.3, 0.4) is 0 Å². The Balaban J connectivity index is 2.24. The third-order valence-electron chi connectivity index (χ3n) is 2.67. The third kappa shape index (κ3) is 3.71. The highest BCUT2D eigenvalue weighted by Gasteiger charge is 2.10. The minimum atomic E-state index is 0.189. The maximum Gasteiger partial charge on any atom is 0.187 e. The Kier molecular flexibility index (Phi) is 5.13. The number of ether oxygens (including phenoxy) is 1. The highest BCUT2D eigenvalue weighted by molar-refractivity contribution is 6.30. The van der Waals surface area contributed by atoms with Crippen molar-refractivity contribution in [3.05, 3.63) is 58.9 Å². The average Bonchev–Trinajstić information content (AvgIpc) is 2.52. The molecule has 0 aliphatic carbocycles. The molecule has 0 atom stereocenters. The quantitative estimate of drug-likeness (QED) is 0.483. The van der Waals surface area contributed by atoms with Gasteiger partial charge in [-0.25, -0.2) is 4.98 Å². The van der Waals surface area contributed by atoms with Crippen molar-refractivity contribution < 1.29 is 9.57 Å². The first kappa shape index (κ1) is 14.8. The fourth-order valence-corrected chi connectivity index (χ4v) is 1.91. The first-order valence-corrected chi connectivity index (χ1v) is 6.47. The van der Waals surface area contributed by atoms with E-state index in [4.69, 9.17) is 21.6 Å². The van der Waals surface area contributed by atoms with E-state index in [9.17, 15) is 0 Å². The van der Waals surface area contributed by atoms with Crippen LogP contribution in [0.5, 0.6) is 5.75 Å². The van der Waals surface area contributed by atoms with Crippen LogP contribution in [-0.4, -0.2) is 17.8 Å². The van der Waals surface area contributed by atoms with Crippen molar-refractivity contribution in [2.45, 2.75) is 6.61 Å². The van der Waals surface area contributed by atoms with Crippen molar-refractivity contribution in [3.63, 3.8) is 0 Å². The first-order valence-electron chi connectivity index (χ1n) is 6.09. The fourth-order valence-electron chi connectivity index (χ4n) is 1.73. The van der Waals surface area contributed by atoms with Gasteiger partial charge in [0.05, 0.1) is 0 Å². The molecule has 2 rings (SSSR count). The van der Waals surface area contributed by atoms with Gasteiger partial charge in [0.15, 0.2) is 16.6 Å². The molecule has 6 heteroatoms. The average molecular weight is 302 g/mol. The lowest BCUT2D eigenvalue weighted by Crippen LogP contribution is -2.06. The molecule has 0 saturated heterocycles. The molecule has 1 aromatic heterocycles. The van der Waals surface area contributed by atoms with E-state index < -0.39 is 0 Å². The summed E-state index contributed by atoms with van der Waals surface area (Å²) in [6.07, 6.45) is 1.59. The van der Waals surface area contributed by atoms with Crippen molar-refractivity contribution in [2.75, 3.05) is 7.11 Å². The third-order valence-corrected chi connectivity index (χ3v) is 2.95. The van der Waals surface area contributed by atoms with Crippen molar-refractivity contribution >= 4 is 17.3 Å². The van der Waals surface area contributed by atoms with Crippen LogP contribution in [0.15, 0.2) is 47.8 Å². The van der Waals surface area contributed by atoms with Gasteiger partial charge in [0.25, 0.3) is 0 Å². The second-order valence-electron chi connectivity index (χ2n) is 3.97. The van der Waals surface area contributed by atoms with Gasteiger partial charge in [-0.05, 0) is 17.7 Å². The van der Waals surface area contributed by atoms with Crippen molar-refractivity contribution in [3.8, 4) is 11.8 Å². The molecule has 2 aromatic rings. The number of nitriles is 1. The van der Waals surface area contributed by atoms with Gasteiger partial charge in [0.1, 0.15) is 19.8 Å². The fraction of sp³-hybridized carbons (Fsp3) is 0.133. The molecular weight excluding hydrogens is 290 g/mol. The van der Waals surface area contributed by atoms with Gasteiger partial charge in [-0.3, -0.25) is 0 Å². The summed E-state index contributed by atoms with van der Waals surface area (Å²) >= 11 is 5.94. The zero-order valence-corrected chi connectivity index (χ0v) is 12.0. The molecule has 0 fully saturated rings. The summed E-state index contributed by atoms with van der Waals surface area (Å²) in [5.41, 5.74) is 1.64. The molecule has 0 unspecified atom stereocenters. The van der Waals surface area contributed by atoms with E-state index >= 15 is 0 Å². The van der Waals surface area contributed by atoms with E-state index in [0.717, 1.165) is 5.56 Å². The van der Waals surface area contributed by atoms with Gasteiger partial charge in [-0.15, -0.1) is 0 Å². The molecule has 0 bridgehead atoms. The number of oxime groups is 1. The van der Waals surface area contributed by atoms with E-state index in [1.54, 1.807) is 24.4 Å². The van der Waals surface area contributed by atoms with Crippen molar-refractivity contribution in [1.29, 1.82) is 5.26 Å². The minimum absolute atomic E-state index is 0.189. The zero-order valence-electron chi connectivity index (χ0n) is 11.3. The normalized spacial score (nSPS) is 10.8. The van der Waals surface area contributed by atoms with Crippen LogP contribution in [0.1, 0.15) is 11.1 Å². The van der Waals surface area contributed by atoms with E-state index in [2.05, 4.69) is 15.0 Å². The summed E-state index contributed by atoms with van der Waals surface area (Å²) in [5, 5.41) is 13.1. The number of aromatic nitrogens is 1. The predicted octanol–water partition coefficient (Wildman–Crippen LogP) is 3.19. The number of hydrogen-bond donors (Lipinski definition) is 0. The predicted molar refractivity (Wildman–Crippen MR) is 79.2 cm³/mol. The Labute approximate surface area is 127 Å². The maximum atomic E-state index is 9.13. The topological polar surface area (TPSA) is 67.5 Å². The van der Waals surface area contributed by atoms with E-state index in [1.807, 2.05) is 24.3 Å². The highest BCUT2D eigenvalue weighted by Crippen LogP contribution is 2.22. The molecule has 106 valence electrons. The van der Waals surface area contributed by atoms with Crippen LogP contribution in [0, 0.1) is 11.3 Å². The van der Waals surface area contributed by atoms with Gasteiger partial charge in [0.2, 0.25) is 0 Å². The van der Waals surface area contributed by atoms with Gasteiger partial charge in [0, 0.05) is 11.8 Å². The lowest BCUT2D eigenvalue weighted by atomic mass is 10.0. The molecule has 0 aliphatic heterocycles. The van der Waals surface area contributed by atoms with Crippen LogP contribution in [0.2, 0.25) is 5.15 Å². The summed E-state index contributed by atoms with van der Waals surface area (Å²) in [5.74, 6) is 0.483. The summed E-state index contributed by atoms with van der Waals surface area (Å²) in [6, 6.07) is 12.8.